The zero-order chi connectivity index (χ0) is 34.4. The van der Waals surface area contributed by atoms with Crippen LogP contribution >= 0.6 is 0 Å². The number of benzene rings is 6. The molecule has 0 aliphatic heterocycles. The quantitative estimate of drug-likeness (QED) is 0.131. The number of aromatic nitrogens is 3. The standard InChI is InChI=1S/C31H21N2O.C14H16GeN.Ir/c1-19-9-7-10-20(2)29(19)33-27-18-22-12-4-3-11-21(22)17-26(27)32-31(33)25-15-8-14-24-23-13-5-6-16-28(23)34-30(24)25;1-15(2,3)13-9-10-14(16-11-13)12-7-5-4-6-8-12;/h3-14,16-18H,1-2H3;4-7,9-11H,1-3H3;/q2*-1;. The number of para-hydroxylation sites is 2. The molecule has 9 aromatic rings. The van der Waals surface area contributed by atoms with Crippen molar-refractivity contribution in [3.05, 3.63) is 157 Å². The van der Waals surface area contributed by atoms with Crippen LogP contribution in [0.5, 0.6) is 0 Å². The van der Waals surface area contributed by atoms with E-state index in [1.165, 1.54) is 26.3 Å². The van der Waals surface area contributed by atoms with Gasteiger partial charge >= 0.3 is 99.8 Å². The number of hydrogen-bond donors (Lipinski definition) is 0. The average Bonchev–Trinajstić information content (AvgIpc) is 3.69. The summed E-state index contributed by atoms with van der Waals surface area (Å²) in [5, 5.41) is 4.56. The molecule has 0 aliphatic carbocycles. The van der Waals surface area contributed by atoms with Gasteiger partial charge in [-0.25, -0.2) is 0 Å². The number of fused-ring (bicyclic) bond motifs is 5. The predicted molar refractivity (Wildman–Crippen MR) is 211 cm³/mol. The first-order valence-electron chi connectivity index (χ1n) is 17.0. The molecule has 6 aromatic carbocycles. The molecule has 0 saturated heterocycles. The van der Waals surface area contributed by atoms with Crippen LogP contribution in [0.25, 0.3) is 72.1 Å². The maximum absolute atomic E-state index is 6.38. The Bertz CT molecular complexity index is 2630. The van der Waals surface area contributed by atoms with Crippen molar-refractivity contribution in [2.24, 2.45) is 0 Å². The van der Waals surface area contributed by atoms with Crippen molar-refractivity contribution in [2.75, 3.05) is 0 Å². The fourth-order valence-electron chi connectivity index (χ4n) is 6.72. The molecule has 0 N–H and O–H groups in total. The summed E-state index contributed by atoms with van der Waals surface area (Å²) in [7, 11) is 0. The molecule has 9 rings (SSSR count). The number of rotatable bonds is 4. The first-order chi connectivity index (χ1) is 24.3. The number of nitrogens with zero attached hydrogens (tertiary/aromatic N) is 3. The fraction of sp³-hybridized carbons (Fsp3) is 0.111. The Kier molecular flexibility index (Phi) is 9.56. The van der Waals surface area contributed by atoms with E-state index in [2.05, 4.69) is 132 Å². The summed E-state index contributed by atoms with van der Waals surface area (Å²) in [6.07, 6.45) is 2.04. The largest absolute Gasteiger partial charge is 0 e. The summed E-state index contributed by atoms with van der Waals surface area (Å²) < 4.78 is 10.1. The molecular weight excluding hydrogens is 863 g/mol. The molecule has 0 fully saturated rings. The van der Waals surface area contributed by atoms with Gasteiger partial charge in [0.25, 0.3) is 0 Å². The van der Waals surface area contributed by atoms with Crippen LogP contribution in [-0.4, -0.2) is 27.8 Å². The smallest absolute Gasteiger partial charge is 0 e. The van der Waals surface area contributed by atoms with E-state index in [0.717, 1.165) is 61.3 Å². The first-order valence-corrected chi connectivity index (χ1v) is 24.3. The minimum atomic E-state index is -1.72. The Morgan fingerprint density at radius 2 is 1.41 bits per heavy atom. The minimum absolute atomic E-state index is 0. The fourth-order valence-corrected chi connectivity index (χ4v) is 8.89. The molecule has 3 heterocycles. The third-order valence-electron chi connectivity index (χ3n) is 9.36. The number of imidazole rings is 1. The van der Waals surface area contributed by atoms with E-state index in [4.69, 9.17) is 9.40 Å². The van der Waals surface area contributed by atoms with Gasteiger partial charge in [0.1, 0.15) is 5.58 Å². The zero-order valence-corrected chi connectivity index (χ0v) is 33.8. The SMILES string of the molecule is Cc1cccc(C)c1-n1c(-c2[c-]ccc3c2oc2ccccc23)nc2cc3ccccc3cc21.[CH3][Ge]([CH3])([CH3])[c]1ccc(-c2[c-]cccc2)nc1.[Ir]. The van der Waals surface area contributed by atoms with Crippen LogP contribution in [0.3, 0.4) is 0 Å². The number of aryl methyl sites for hydroxylation is 2. The normalized spacial score (nSPS) is 11.5. The van der Waals surface area contributed by atoms with Crippen LogP contribution in [0.15, 0.2) is 138 Å². The Hall–Kier alpha value is -4.81. The molecule has 0 atom stereocenters. The van der Waals surface area contributed by atoms with Crippen LogP contribution in [-0.2, 0) is 20.1 Å². The summed E-state index contributed by atoms with van der Waals surface area (Å²) in [5.74, 6) is 7.98. The molecule has 0 saturated carbocycles. The van der Waals surface area contributed by atoms with Crippen molar-refractivity contribution in [2.45, 2.75) is 31.1 Å². The van der Waals surface area contributed by atoms with Crippen LogP contribution < -0.4 is 4.40 Å². The second kappa shape index (κ2) is 14.1. The van der Waals surface area contributed by atoms with E-state index >= 15 is 0 Å². The van der Waals surface area contributed by atoms with E-state index in [-0.39, 0.29) is 20.1 Å². The van der Waals surface area contributed by atoms with Crippen LogP contribution in [0.4, 0.5) is 0 Å². The van der Waals surface area contributed by atoms with E-state index in [9.17, 15) is 0 Å². The van der Waals surface area contributed by atoms with Crippen LogP contribution in [0.1, 0.15) is 11.1 Å². The molecule has 0 unspecified atom stereocenters. The molecule has 3 aromatic heterocycles. The predicted octanol–water partition coefficient (Wildman–Crippen LogP) is 11.3. The van der Waals surface area contributed by atoms with Gasteiger partial charge in [0, 0.05) is 31.2 Å². The third-order valence-corrected chi connectivity index (χ3v) is 13.6. The van der Waals surface area contributed by atoms with Gasteiger partial charge in [0.15, 0.2) is 0 Å². The summed E-state index contributed by atoms with van der Waals surface area (Å²) in [6.45, 7) is 4.31. The van der Waals surface area contributed by atoms with E-state index in [0.29, 0.717) is 0 Å². The molecule has 0 spiro atoms. The first kappa shape index (κ1) is 34.6. The van der Waals surface area contributed by atoms with Gasteiger partial charge in [-0.05, 0) is 53.9 Å². The van der Waals surface area contributed by atoms with Gasteiger partial charge < -0.3 is 8.98 Å². The topological polar surface area (TPSA) is 43.9 Å². The number of furan rings is 1. The van der Waals surface area contributed by atoms with Gasteiger partial charge in [0.05, 0.1) is 22.4 Å². The van der Waals surface area contributed by atoms with Crippen molar-refractivity contribution in [3.8, 4) is 28.3 Å². The third kappa shape index (κ3) is 6.58. The molecular formula is C45H37GeIrN3O-2. The van der Waals surface area contributed by atoms with Crippen molar-refractivity contribution in [1.82, 2.24) is 14.5 Å². The summed E-state index contributed by atoms with van der Waals surface area (Å²) >= 11 is -1.72. The molecule has 6 heteroatoms. The van der Waals surface area contributed by atoms with Gasteiger partial charge in [-0.1, -0.05) is 71.6 Å². The van der Waals surface area contributed by atoms with E-state index in [1.807, 2.05) is 54.7 Å². The Labute approximate surface area is 314 Å². The second-order valence-electron chi connectivity index (χ2n) is 13.9. The zero-order valence-electron chi connectivity index (χ0n) is 29.3. The molecule has 51 heavy (non-hydrogen) atoms. The molecule has 0 aliphatic rings. The Morgan fingerprint density at radius 1 is 0.686 bits per heavy atom. The van der Waals surface area contributed by atoms with Crippen molar-refractivity contribution < 1.29 is 24.5 Å². The molecule has 4 nitrogen and oxygen atoms in total. The molecule has 253 valence electrons. The van der Waals surface area contributed by atoms with Crippen molar-refractivity contribution in [1.29, 1.82) is 0 Å². The van der Waals surface area contributed by atoms with E-state index < -0.39 is 13.3 Å². The summed E-state index contributed by atoms with van der Waals surface area (Å²) in [5.41, 5.74) is 10.2. The Balaban J connectivity index is 0.000000202. The molecule has 0 bridgehead atoms. The minimum Gasteiger partial charge on any atom is 0 e. The number of hydrogen-bond acceptors (Lipinski definition) is 3. The van der Waals surface area contributed by atoms with Gasteiger partial charge in [0.2, 0.25) is 0 Å². The number of pyridine rings is 1. The summed E-state index contributed by atoms with van der Waals surface area (Å²) in [6, 6.07) is 50.5. The van der Waals surface area contributed by atoms with Crippen molar-refractivity contribution >= 4 is 61.4 Å². The van der Waals surface area contributed by atoms with Gasteiger partial charge in [-0.3, -0.25) is 4.98 Å². The maximum atomic E-state index is 6.38. The molecule has 0 amide bonds. The summed E-state index contributed by atoms with van der Waals surface area (Å²) in [4.78, 5) is 9.71. The van der Waals surface area contributed by atoms with Crippen LogP contribution in [0, 0.1) is 26.0 Å². The second-order valence-corrected chi connectivity index (χ2v) is 24.5. The van der Waals surface area contributed by atoms with Gasteiger partial charge in [-0.15, -0.1) is 18.2 Å². The average molecular weight is 901 g/mol. The maximum Gasteiger partial charge on any atom is 0 e. The van der Waals surface area contributed by atoms with E-state index in [1.54, 1.807) is 0 Å². The van der Waals surface area contributed by atoms with Crippen molar-refractivity contribution in [3.63, 3.8) is 0 Å². The van der Waals surface area contributed by atoms with Crippen LogP contribution in [0.2, 0.25) is 17.3 Å². The van der Waals surface area contributed by atoms with Gasteiger partial charge in [-0.2, -0.15) is 0 Å². The Morgan fingerprint density at radius 3 is 2.12 bits per heavy atom. The monoisotopic (exact) mass is 902 g/mol. The molecule has 1 radical (unpaired) electrons.